The second-order valence-electron chi connectivity index (χ2n) is 8.27. The summed E-state index contributed by atoms with van der Waals surface area (Å²) in [6.07, 6.45) is 4.52. The van der Waals surface area contributed by atoms with E-state index in [4.69, 9.17) is 4.74 Å². The maximum absolute atomic E-state index is 13.0. The molecule has 0 fully saturated rings. The second-order valence-corrected chi connectivity index (χ2v) is 9.38. The number of esters is 1. The highest BCUT2D eigenvalue weighted by Gasteiger charge is 2.28. The molecule has 0 atom stereocenters. The van der Waals surface area contributed by atoms with E-state index < -0.39 is 5.97 Å². The van der Waals surface area contributed by atoms with Gasteiger partial charge in [-0.3, -0.25) is 4.79 Å². The molecule has 0 unspecified atom stereocenters. The van der Waals surface area contributed by atoms with Crippen molar-refractivity contribution in [1.29, 1.82) is 0 Å². The number of carbonyl (C=O) groups is 2. The lowest BCUT2D eigenvalue weighted by atomic mass is 10.0. The Kier molecular flexibility index (Phi) is 5.46. The Morgan fingerprint density at radius 1 is 1.21 bits per heavy atom. The fraction of sp³-hybridized carbons (Fsp3) is 0.280. The van der Waals surface area contributed by atoms with Gasteiger partial charge in [0.1, 0.15) is 11.5 Å². The first-order valence-electron chi connectivity index (χ1n) is 10.9. The summed E-state index contributed by atoms with van der Waals surface area (Å²) < 4.78 is 6.60. The number of aromatic nitrogens is 3. The summed E-state index contributed by atoms with van der Waals surface area (Å²) in [5.41, 5.74) is 6.26. The van der Waals surface area contributed by atoms with Crippen LogP contribution in [0.3, 0.4) is 0 Å². The van der Waals surface area contributed by atoms with Gasteiger partial charge in [-0.05, 0) is 55.9 Å². The number of hydrogen-bond donors (Lipinski definition) is 1. The molecule has 0 spiro atoms. The van der Waals surface area contributed by atoms with E-state index in [0.717, 1.165) is 51.9 Å². The first-order valence-corrected chi connectivity index (χ1v) is 11.7. The SMILES string of the molecule is COC(=O)c1c(NC(=O)Cn2nc(C)c3c(-c4cccc(C)c4)ccnc32)sc2c1CCC2. The molecule has 0 aliphatic heterocycles. The van der Waals surface area contributed by atoms with E-state index in [-0.39, 0.29) is 12.5 Å². The van der Waals surface area contributed by atoms with Gasteiger partial charge in [0.05, 0.1) is 18.4 Å². The summed E-state index contributed by atoms with van der Waals surface area (Å²) in [6.45, 7) is 3.99. The number of nitrogens with one attached hydrogen (secondary N) is 1. The zero-order chi connectivity index (χ0) is 23.1. The molecule has 0 saturated heterocycles. The van der Waals surface area contributed by atoms with Crippen LogP contribution in [-0.2, 0) is 28.9 Å². The number of methoxy groups -OCH3 is 1. The van der Waals surface area contributed by atoms with E-state index in [1.54, 1.807) is 10.9 Å². The zero-order valence-corrected chi connectivity index (χ0v) is 19.6. The summed E-state index contributed by atoms with van der Waals surface area (Å²) in [5.74, 6) is -0.665. The molecule has 1 aliphatic rings. The zero-order valence-electron chi connectivity index (χ0n) is 18.8. The number of amides is 1. The number of pyridine rings is 1. The molecule has 7 nitrogen and oxygen atoms in total. The predicted octanol–water partition coefficient (Wildman–Crippen LogP) is 4.69. The Bertz CT molecular complexity index is 1400. The smallest absolute Gasteiger partial charge is 0.341 e. The van der Waals surface area contributed by atoms with Gasteiger partial charge in [-0.15, -0.1) is 11.3 Å². The van der Waals surface area contributed by atoms with Crippen molar-refractivity contribution in [2.45, 2.75) is 39.7 Å². The number of aryl methyl sites for hydroxylation is 3. The molecule has 5 rings (SSSR count). The monoisotopic (exact) mass is 460 g/mol. The van der Waals surface area contributed by atoms with Crippen LogP contribution in [0.15, 0.2) is 36.5 Å². The van der Waals surface area contributed by atoms with Crippen LogP contribution in [0, 0.1) is 13.8 Å². The van der Waals surface area contributed by atoms with E-state index in [0.29, 0.717) is 16.2 Å². The number of rotatable bonds is 5. The van der Waals surface area contributed by atoms with Crippen LogP contribution in [0.5, 0.6) is 0 Å². The molecule has 168 valence electrons. The summed E-state index contributed by atoms with van der Waals surface area (Å²) in [5, 5.41) is 9.02. The van der Waals surface area contributed by atoms with E-state index >= 15 is 0 Å². The third kappa shape index (κ3) is 3.80. The third-order valence-electron chi connectivity index (χ3n) is 5.99. The number of benzene rings is 1. The van der Waals surface area contributed by atoms with E-state index in [9.17, 15) is 9.59 Å². The Morgan fingerprint density at radius 2 is 2.06 bits per heavy atom. The predicted molar refractivity (Wildman–Crippen MR) is 129 cm³/mol. The Balaban J connectivity index is 1.46. The van der Waals surface area contributed by atoms with Crippen molar-refractivity contribution in [2.24, 2.45) is 0 Å². The van der Waals surface area contributed by atoms with Crippen LogP contribution in [0.2, 0.25) is 0 Å². The number of thiophene rings is 1. The number of fused-ring (bicyclic) bond motifs is 2. The molecule has 4 aromatic rings. The molecule has 3 heterocycles. The van der Waals surface area contributed by atoms with Gasteiger partial charge in [-0.2, -0.15) is 5.10 Å². The van der Waals surface area contributed by atoms with Crippen molar-refractivity contribution in [3.05, 3.63) is 63.8 Å². The molecule has 8 heteroatoms. The minimum atomic E-state index is -0.408. The standard InChI is InChI=1S/C25H24N4O3S/c1-14-6-4-7-16(12-14)17-10-11-26-23-21(17)15(2)28-29(23)13-20(30)27-24-22(25(31)32-3)18-8-5-9-19(18)33-24/h4,6-7,10-12H,5,8-9,13H2,1-3H3,(H,27,30). The van der Waals surface area contributed by atoms with Crippen LogP contribution in [0.4, 0.5) is 5.00 Å². The molecule has 0 saturated carbocycles. The number of anilines is 1. The van der Waals surface area contributed by atoms with Crippen LogP contribution in [0.1, 0.15) is 38.5 Å². The molecule has 1 amide bonds. The highest BCUT2D eigenvalue weighted by molar-refractivity contribution is 7.17. The lowest BCUT2D eigenvalue weighted by Gasteiger charge is -2.08. The molecule has 0 bridgehead atoms. The van der Waals surface area contributed by atoms with Crippen molar-refractivity contribution in [1.82, 2.24) is 14.8 Å². The minimum absolute atomic E-state index is 0.00219. The Labute approximate surface area is 195 Å². The molecular formula is C25H24N4O3S. The lowest BCUT2D eigenvalue weighted by molar-refractivity contribution is -0.116. The van der Waals surface area contributed by atoms with Gasteiger partial charge in [-0.1, -0.05) is 29.8 Å². The highest BCUT2D eigenvalue weighted by atomic mass is 32.1. The van der Waals surface area contributed by atoms with Crippen molar-refractivity contribution < 1.29 is 14.3 Å². The molecule has 33 heavy (non-hydrogen) atoms. The summed E-state index contributed by atoms with van der Waals surface area (Å²) in [7, 11) is 1.36. The van der Waals surface area contributed by atoms with Gasteiger partial charge in [-0.25, -0.2) is 14.5 Å². The average Bonchev–Trinajstić information content (AvgIpc) is 3.46. The average molecular weight is 461 g/mol. The number of ether oxygens (including phenoxy) is 1. The fourth-order valence-corrected chi connectivity index (χ4v) is 5.85. The summed E-state index contributed by atoms with van der Waals surface area (Å²) >= 11 is 1.46. The molecular weight excluding hydrogens is 436 g/mol. The van der Waals surface area contributed by atoms with Gasteiger partial charge < -0.3 is 10.1 Å². The van der Waals surface area contributed by atoms with Gasteiger partial charge in [0.15, 0.2) is 5.65 Å². The van der Waals surface area contributed by atoms with Crippen LogP contribution in [0.25, 0.3) is 22.2 Å². The first-order chi connectivity index (χ1) is 16.0. The van der Waals surface area contributed by atoms with Crippen molar-refractivity contribution in [3.63, 3.8) is 0 Å². The molecule has 1 N–H and O–H groups in total. The van der Waals surface area contributed by atoms with Crippen molar-refractivity contribution >= 4 is 39.2 Å². The van der Waals surface area contributed by atoms with Crippen LogP contribution >= 0.6 is 11.3 Å². The van der Waals surface area contributed by atoms with Crippen molar-refractivity contribution in [3.8, 4) is 11.1 Å². The Morgan fingerprint density at radius 3 is 2.85 bits per heavy atom. The van der Waals surface area contributed by atoms with Gasteiger partial charge >= 0.3 is 5.97 Å². The van der Waals surface area contributed by atoms with E-state index in [1.165, 1.54) is 24.0 Å². The van der Waals surface area contributed by atoms with Gasteiger partial charge in [0.25, 0.3) is 0 Å². The van der Waals surface area contributed by atoms with Crippen LogP contribution < -0.4 is 5.32 Å². The molecule has 1 aliphatic carbocycles. The molecule has 0 radical (unpaired) electrons. The first kappa shape index (κ1) is 21.3. The van der Waals surface area contributed by atoms with Gasteiger partial charge in [0.2, 0.25) is 5.91 Å². The van der Waals surface area contributed by atoms with Gasteiger partial charge in [0, 0.05) is 16.5 Å². The molecule has 1 aromatic carbocycles. The maximum atomic E-state index is 13.0. The van der Waals surface area contributed by atoms with E-state index in [1.807, 2.05) is 19.1 Å². The van der Waals surface area contributed by atoms with Crippen molar-refractivity contribution in [2.75, 3.05) is 12.4 Å². The minimum Gasteiger partial charge on any atom is -0.465 e. The number of nitrogens with zero attached hydrogens (tertiary/aromatic N) is 3. The maximum Gasteiger partial charge on any atom is 0.341 e. The van der Waals surface area contributed by atoms with E-state index in [2.05, 4.69) is 40.5 Å². The van der Waals surface area contributed by atoms with Crippen LogP contribution in [-0.4, -0.2) is 33.8 Å². The quantitative estimate of drug-likeness (QED) is 0.437. The highest BCUT2D eigenvalue weighted by Crippen LogP contribution is 2.39. The Hall–Kier alpha value is -3.52. The second kappa shape index (κ2) is 8.44. The number of hydrogen-bond acceptors (Lipinski definition) is 6. The normalized spacial score (nSPS) is 12.7. The topological polar surface area (TPSA) is 86.1 Å². The molecule has 3 aromatic heterocycles. The summed E-state index contributed by atoms with van der Waals surface area (Å²) in [4.78, 5) is 31.0. The summed E-state index contributed by atoms with van der Waals surface area (Å²) in [6, 6.07) is 10.3. The third-order valence-corrected chi connectivity index (χ3v) is 7.20. The lowest BCUT2D eigenvalue weighted by Crippen LogP contribution is -2.20. The fourth-order valence-electron chi connectivity index (χ4n) is 4.56. The largest absolute Gasteiger partial charge is 0.465 e. The number of carbonyl (C=O) groups excluding carboxylic acids is 2.